The molecule has 1 rings (SSSR count). The van der Waals surface area contributed by atoms with Gasteiger partial charge in [0.1, 0.15) is 5.76 Å². The predicted octanol–water partition coefficient (Wildman–Crippen LogP) is 3.46. The van der Waals surface area contributed by atoms with Gasteiger partial charge >= 0.3 is 0 Å². The van der Waals surface area contributed by atoms with Crippen molar-refractivity contribution in [1.29, 1.82) is 0 Å². The lowest BCUT2D eigenvalue weighted by Gasteiger charge is -2.35. The Balaban J connectivity index is 2.70. The summed E-state index contributed by atoms with van der Waals surface area (Å²) in [4.78, 5) is 0. The molecule has 0 bridgehead atoms. The van der Waals surface area contributed by atoms with Gasteiger partial charge in [0.25, 0.3) is 0 Å². The summed E-state index contributed by atoms with van der Waals surface area (Å²) < 4.78 is 11.4. The third-order valence-electron chi connectivity index (χ3n) is 2.91. The van der Waals surface area contributed by atoms with Crippen molar-refractivity contribution in [2.24, 2.45) is 5.92 Å². The number of hydrogen-bond donors (Lipinski definition) is 0. The number of hydrogen-bond acceptors (Lipinski definition) is 2. The van der Waals surface area contributed by atoms with Gasteiger partial charge in [0, 0.05) is 6.42 Å². The SMILES string of the molecule is C=CCOC1(C(C)C)C=CC(OCC)=CC1. The van der Waals surface area contributed by atoms with Gasteiger partial charge in [-0.1, -0.05) is 19.9 Å². The molecule has 0 aliphatic heterocycles. The van der Waals surface area contributed by atoms with Crippen LogP contribution in [0.1, 0.15) is 27.2 Å². The third kappa shape index (κ3) is 2.99. The second-order valence-electron chi connectivity index (χ2n) is 4.29. The third-order valence-corrected chi connectivity index (χ3v) is 2.91. The molecule has 1 unspecified atom stereocenters. The van der Waals surface area contributed by atoms with Crippen molar-refractivity contribution in [3.8, 4) is 0 Å². The van der Waals surface area contributed by atoms with Gasteiger partial charge in [-0.2, -0.15) is 0 Å². The van der Waals surface area contributed by atoms with E-state index < -0.39 is 0 Å². The van der Waals surface area contributed by atoms with E-state index in [-0.39, 0.29) is 5.60 Å². The minimum atomic E-state index is -0.200. The highest BCUT2D eigenvalue weighted by atomic mass is 16.5. The first-order valence-corrected chi connectivity index (χ1v) is 5.91. The quantitative estimate of drug-likeness (QED) is 0.641. The normalized spacial score (nSPS) is 24.4. The second kappa shape index (κ2) is 5.90. The maximum Gasteiger partial charge on any atom is 0.115 e. The molecule has 0 spiro atoms. The number of ether oxygens (including phenoxy) is 2. The average Bonchev–Trinajstić information content (AvgIpc) is 2.28. The molecule has 1 aliphatic rings. The van der Waals surface area contributed by atoms with E-state index >= 15 is 0 Å². The number of allylic oxidation sites excluding steroid dienone is 1. The Morgan fingerprint density at radius 2 is 2.31 bits per heavy atom. The maximum absolute atomic E-state index is 5.90. The molecule has 16 heavy (non-hydrogen) atoms. The zero-order valence-corrected chi connectivity index (χ0v) is 10.5. The van der Waals surface area contributed by atoms with Crippen LogP contribution in [0.5, 0.6) is 0 Å². The van der Waals surface area contributed by atoms with Crippen LogP contribution < -0.4 is 0 Å². The van der Waals surface area contributed by atoms with Gasteiger partial charge in [0.05, 0.1) is 18.8 Å². The maximum atomic E-state index is 5.90. The Morgan fingerprint density at radius 1 is 1.56 bits per heavy atom. The molecule has 2 nitrogen and oxygen atoms in total. The molecule has 0 saturated carbocycles. The average molecular weight is 222 g/mol. The van der Waals surface area contributed by atoms with Crippen LogP contribution in [0, 0.1) is 5.92 Å². The lowest BCUT2D eigenvalue weighted by molar-refractivity contribution is -0.0265. The van der Waals surface area contributed by atoms with Crippen LogP contribution in [0.3, 0.4) is 0 Å². The fourth-order valence-electron chi connectivity index (χ4n) is 1.81. The minimum absolute atomic E-state index is 0.200. The molecule has 1 aliphatic carbocycles. The van der Waals surface area contributed by atoms with Crippen LogP contribution >= 0.6 is 0 Å². The monoisotopic (exact) mass is 222 g/mol. The standard InChI is InChI=1S/C14H22O2/c1-5-11-16-14(12(3)4)9-7-13(8-10-14)15-6-2/h5,7-9,12H,1,6,10-11H2,2-4H3. The zero-order valence-electron chi connectivity index (χ0n) is 10.5. The predicted molar refractivity (Wildman–Crippen MR) is 67.2 cm³/mol. The van der Waals surface area contributed by atoms with Gasteiger partial charge in [0.2, 0.25) is 0 Å². The summed E-state index contributed by atoms with van der Waals surface area (Å²) in [5, 5.41) is 0. The van der Waals surface area contributed by atoms with Crippen molar-refractivity contribution < 1.29 is 9.47 Å². The van der Waals surface area contributed by atoms with Gasteiger partial charge in [-0.3, -0.25) is 0 Å². The van der Waals surface area contributed by atoms with Gasteiger partial charge in [-0.15, -0.1) is 6.58 Å². The van der Waals surface area contributed by atoms with Crippen LogP contribution in [-0.4, -0.2) is 18.8 Å². The molecule has 0 radical (unpaired) electrons. The first-order valence-electron chi connectivity index (χ1n) is 5.91. The van der Waals surface area contributed by atoms with E-state index in [9.17, 15) is 0 Å². The summed E-state index contributed by atoms with van der Waals surface area (Å²) in [6, 6.07) is 0. The molecule has 2 heteroatoms. The molecule has 1 atom stereocenters. The Morgan fingerprint density at radius 3 is 2.75 bits per heavy atom. The Labute approximate surface area is 98.6 Å². The fourth-order valence-corrected chi connectivity index (χ4v) is 1.81. The molecule has 0 fully saturated rings. The van der Waals surface area contributed by atoms with Gasteiger partial charge in [-0.05, 0) is 31.1 Å². The van der Waals surface area contributed by atoms with E-state index in [0.717, 1.165) is 12.2 Å². The first-order chi connectivity index (χ1) is 7.64. The van der Waals surface area contributed by atoms with E-state index in [1.165, 1.54) is 0 Å². The van der Waals surface area contributed by atoms with E-state index in [2.05, 4.69) is 32.6 Å². The van der Waals surface area contributed by atoms with Crippen molar-refractivity contribution >= 4 is 0 Å². The topological polar surface area (TPSA) is 18.5 Å². The molecular formula is C14H22O2. The molecule has 0 N–H and O–H groups in total. The van der Waals surface area contributed by atoms with Crippen molar-refractivity contribution in [2.45, 2.75) is 32.8 Å². The Hall–Kier alpha value is -1.02. The summed E-state index contributed by atoms with van der Waals surface area (Å²) >= 11 is 0. The zero-order chi connectivity index (χ0) is 12.0. The van der Waals surface area contributed by atoms with E-state index in [0.29, 0.717) is 19.1 Å². The molecule has 0 aromatic rings. The van der Waals surface area contributed by atoms with Crippen LogP contribution in [0.25, 0.3) is 0 Å². The molecule has 0 aromatic heterocycles. The van der Waals surface area contributed by atoms with Crippen molar-refractivity contribution in [3.63, 3.8) is 0 Å². The van der Waals surface area contributed by atoms with Gasteiger partial charge in [-0.25, -0.2) is 0 Å². The van der Waals surface area contributed by atoms with E-state index in [1.54, 1.807) is 6.08 Å². The summed E-state index contributed by atoms with van der Waals surface area (Å²) in [6.45, 7) is 11.3. The van der Waals surface area contributed by atoms with Crippen LogP contribution in [0.4, 0.5) is 0 Å². The van der Waals surface area contributed by atoms with Gasteiger partial charge < -0.3 is 9.47 Å². The van der Waals surface area contributed by atoms with Crippen LogP contribution in [-0.2, 0) is 9.47 Å². The largest absolute Gasteiger partial charge is 0.494 e. The molecule has 0 amide bonds. The summed E-state index contributed by atoms with van der Waals surface area (Å²) in [5.41, 5.74) is -0.200. The highest BCUT2D eigenvalue weighted by Gasteiger charge is 2.32. The van der Waals surface area contributed by atoms with Crippen molar-refractivity contribution in [1.82, 2.24) is 0 Å². The fraction of sp³-hybridized carbons (Fsp3) is 0.571. The number of rotatable bonds is 6. The first kappa shape index (κ1) is 13.0. The summed E-state index contributed by atoms with van der Waals surface area (Å²) in [6.07, 6.45) is 8.89. The lowest BCUT2D eigenvalue weighted by Crippen LogP contribution is -2.37. The van der Waals surface area contributed by atoms with Crippen LogP contribution in [0.15, 0.2) is 36.6 Å². The molecule has 0 aromatic carbocycles. The van der Waals surface area contributed by atoms with Crippen molar-refractivity contribution in [2.75, 3.05) is 13.2 Å². The molecule has 0 heterocycles. The smallest absolute Gasteiger partial charge is 0.115 e. The Bertz CT molecular complexity index is 289. The van der Waals surface area contributed by atoms with E-state index in [1.807, 2.05) is 13.0 Å². The van der Waals surface area contributed by atoms with E-state index in [4.69, 9.17) is 9.47 Å². The summed E-state index contributed by atoms with van der Waals surface area (Å²) in [7, 11) is 0. The molecular weight excluding hydrogens is 200 g/mol. The summed E-state index contributed by atoms with van der Waals surface area (Å²) in [5.74, 6) is 1.38. The minimum Gasteiger partial charge on any atom is -0.494 e. The highest BCUT2D eigenvalue weighted by Crippen LogP contribution is 2.32. The van der Waals surface area contributed by atoms with Crippen LogP contribution in [0.2, 0.25) is 0 Å². The second-order valence-corrected chi connectivity index (χ2v) is 4.29. The molecule has 0 saturated heterocycles. The van der Waals surface area contributed by atoms with Crippen molar-refractivity contribution in [3.05, 3.63) is 36.6 Å². The highest BCUT2D eigenvalue weighted by molar-refractivity contribution is 5.24. The van der Waals surface area contributed by atoms with Gasteiger partial charge in [0.15, 0.2) is 0 Å². The molecule has 90 valence electrons. The Kier molecular flexibility index (Phi) is 4.81. The lowest BCUT2D eigenvalue weighted by atomic mass is 9.84.